The quantitative estimate of drug-likeness (QED) is 0.839. The number of hydrogen-bond donors (Lipinski definition) is 1. The summed E-state index contributed by atoms with van der Waals surface area (Å²) in [5.41, 5.74) is 3.83. The zero-order valence-corrected chi connectivity index (χ0v) is 12.0. The first kappa shape index (κ1) is 14.6. The minimum Gasteiger partial charge on any atom is -0.493 e. The van der Waals surface area contributed by atoms with Gasteiger partial charge in [-0.15, -0.1) is 0 Å². The monoisotopic (exact) mass is 274 g/mol. The molecule has 0 spiro atoms. The molecule has 1 aliphatic heterocycles. The maximum absolute atomic E-state index is 11.9. The van der Waals surface area contributed by atoms with Gasteiger partial charge < -0.3 is 4.74 Å². The number of para-hydroxylation sites is 1. The highest BCUT2D eigenvalue weighted by molar-refractivity contribution is 5.91. The fourth-order valence-corrected chi connectivity index (χ4v) is 2.27. The van der Waals surface area contributed by atoms with Crippen LogP contribution in [0.4, 0.5) is 0 Å². The summed E-state index contributed by atoms with van der Waals surface area (Å²) < 4.78 is 5.53. The van der Waals surface area contributed by atoms with Crippen LogP contribution in [0.3, 0.4) is 0 Å². The average Bonchev–Trinajstić information content (AvgIpc) is 2.48. The Morgan fingerprint density at radius 2 is 2.05 bits per heavy atom. The van der Waals surface area contributed by atoms with E-state index in [2.05, 4.69) is 5.43 Å². The summed E-state index contributed by atoms with van der Waals surface area (Å²) in [6.07, 6.45) is 6.91. The molecule has 4 nitrogen and oxygen atoms in total. The molecule has 108 valence electrons. The number of ether oxygens (including phenoxy) is 1. The summed E-state index contributed by atoms with van der Waals surface area (Å²) in [6.45, 7) is 4.44. The smallest absolute Gasteiger partial charge is 0.258 e. The van der Waals surface area contributed by atoms with Gasteiger partial charge in [0, 0.05) is 24.7 Å². The molecule has 1 amide bonds. The molecule has 1 N–H and O–H groups in total. The predicted octanol–water partition coefficient (Wildman–Crippen LogP) is 2.62. The second-order valence-electron chi connectivity index (χ2n) is 4.83. The highest BCUT2D eigenvalue weighted by Gasteiger charge is 2.11. The van der Waals surface area contributed by atoms with E-state index in [1.165, 1.54) is 6.42 Å². The number of carbonyl (C=O) groups is 1. The van der Waals surface area contributed by atoms with Crippen molar-refractivity contribution in [1.82, 2.24) is 10.4 Å². The van der Waals surface area contributed by atoms with Crippen LogP contribution in [0, 0.1) is 0 Å². The summed E-state index contributed by atoms with van der Waals surface area (Å²) in [6, 6.07) is 7.71. The Morgan fingerprint density at radius 1 is 1.30 bits per heavy atom. The lowest BCUT2D eigenvalue weighted by Gasteiger charge is -2.26. The van der Waals surface area contributed by atoms with Crippen molar-refractivity contribution in [1.29, 1.82) is 0 Å². The van der Waals surface area contributed by atoms with Gasteiger partial charge in [-0.2, -0.15) is 0 Å². The summed E-state index contributed by atoms with van der Waals surface area (Å²) >= 11 is 0. The second kappa shape index (κ2) is 7.70. The van der Waals surface area contributed by atoms with Crippen LogP contribution in [-0.4, -0.2) is 30.6 Å². The van der Waals surface area contributed by atoms with Gasteiger partial charge in [0.05, 0.1) is 6.61 Å². The van der Waals surface area contributed by atoms with Crippen LogP contribution in [0.1, 0.15) is 31.7 Å². The molecule has 0 saturated carbocycles. The Labute approximate surface area is 120 Å². The van der Waals surface area contributed by atoms with Crippen LogP contribution in [0.15, 0.2) is 30.3 Å². The number of nitrogens with one attached hydrogen (secondary N) is 1. The lowest BCUT2D eigenvalue weighted by molar-refractivity contribution is -0.121. The van der Waals surface area contributed by atoms with E-state index in [9.17, 15) is 4.79 Å². The van der Waals surface area contributed by atoms with E-state index in [0.717, 1.165) is 37.2 Å². The van der Waals surface area contributed by atoms with Crippen molar-refractivity contribution in [2.24, 2.45) is 0 Å². The predicted molar refractivity (Wildman–Crippen MR) is 80.2 cm³/mol. The highest BCUT2D eigenvalue weighted by Crippen LogP contribution is 2.19. The normalized spacial score (nSPS) is 16.2. The van der Waals surface area contributed by atoms with Gasteiger partial charge in [-0.1, -0.05) is 24.6 Å². The lowest BCUT2D eigenvalue weighted by Crippen LogP contribution is -2.44. The minimum absolute atomic E-state index is 0.0850. The SMILES string of the molecule is CCOc1ccccc1/C=C/C(=O)NN1CCCCC1. The van der Waals surface area contributed by atoms with Gasteiger partial charge in [0.1, 0.15) is 5.75 Å². The number of amides is 1. The second-order valence-corrected chi connectivity index (χ2v) is 4.83. The average molecular weight is 274 g/mol. The molecule has 0 aliphatic carbocycles. The number of piperidine rings is 1. The molecule has 0 radical (unpaired) electrons. The lowest BCUT2D eigenvalue weighted by atomic mass is 10.2. The molecule has 1 fully saturated rings. The summed E-state index contributed by atoms with van der Waals surface area (Å²) in [5, 5.41) is 1.99. The van der Waals surface area contributed by atoms with E-state index in [1.807, 2.05) is 36.2 Å². The van der Waals surface area contributed by atoms with Crippen LogP contribution in [0.25, 0.3) is 6.08 Å². The first-order valence-electron chi connectivity index (χ1n) is 7.25. The fourth-order valence-electron chi connectivity index (χ4n) is 2.27. The number of hydrogen-bond acceptors (Lipinski definition) is 3. The molecular weight excluding hydrogens is 252 g/mol. The van der Waals surface area contributed by atoms with Gasteiger partial charge in [0.2, 0.25) is 0 Å². The molecule has 1 aliphatic rings. The van der Waals surface area contributed by atoms with Gasteiger partial charge in [-0.25, -0.2) is 5.01 Å². The Balaban J connectivity index is 1.92. The number of nitrogens with zero attached hydrogens (tertiary/aromatic N) is 1. The number of hydrazine groups is 1. The van der Waals surface area contributed by atoms with Crippen LogP contribution in [0.2, 0.25) is 0 Å². The molecule has 2 rings (SSSR count). The maximum Gasteiger partial charge on any atom is 0.258 e. The molecule has 4 heteroatoms. The van der Waals surface area contributed by atoms with Crippen molar-refractivity contribution in [3.05, 3.63) is 35.9 Å². The maximum atomic E-state index is 11.9. The van der Waals surface area contributed by atoms with E-state index < -0.39 is 0 Å². The van der Waals surface area contributed by atoms with E-state index in [4.69, 9.17) is 4.74 Å². The third-order valence-corrected chi connectivity index (χ3v) is 3.26. The van der Waals surface area contributed by atoms with E-state index >= 15 is 0 Å². The topological polar surface area (TPSA) is 41.6 Å². The Bertz CT molecular complexity index is 465. The first-order chi connectivity index (χ1) is 9.79. The molecule has 1 saturated heterocycles. The van der Waals surface area contributed by atoms with E-state index in [0.29, 0.717) is 6.61 Å². The Hall–Kier alpha value is -1.81. The molecule has 1 aromatic carbocycles. The van der Waals surface area contributed by atoms with E-state index in [-0.39, 0.29) is 5.91 Å². The summed E-state index contributed by atoms with van der Waals surface area (Å²) in [4.78, 5) is 11.9. The Morgan fingerprint density at radius 3 is 2.80 bits per heavy atom. The van der Waals surface area contributed by atoms with Gasteiger partial charge in [-0.3, -0.25) is 10.2 Å². The van der Waals surface area contributed by atoms with Crippen molar-refractivity contribution in [3.8, 4) is 5.75 Å². The molecule has 0 bridgehead atoms. The highest BCUT2D eigenvalue weighted by atomic mass is 16.5. The van der Waals surface area contributed by atoms with Gasteiger partial charge in [0.25, 0.3) is 5.91 Å². The largest absolute Gasteiger partial charge is 0.493 e. The Kier molecular flexibility index (Phi) is 5.62. The van der Waals surface area contributed by atoms with E-state index in [1.54, 1.807) is 12.2 Å². The van der Waals surface area contributed by atoms with Gasteiger partial charge >= 0.3 is 0 Å². The van der Waals surface area contributed by atoms with Crippen molar-refractivity contribution in [2.75, 3.05) is 19.7 Å². The standard InChI is InChI=1S/C16H22N2O2/c1-2-20-15-9-5-4-8-14(15)10-11-16(19)17-18-12-6-3-7-13-18/h4-5,8-11H,2-3,6-7,12-13H2,1H3,(H,17,19)/b11-10+. The fraction of sp³-hybridized carbons (Fsp3) is 0.438. The minimum atomic E-state index is -0.0850. The molecule has 1 heterocycles. The van der Waals surface area contributed by atoms with Crippen LogP contribution < -0.4 is 10.2 Å². The summed E-state index contributed by atoms with van der Waals surface area (Å²) in [7, 11) is 0. The first-order valence-corrected chi connectivity index (χ1v) is 7.25. The van der Waals surface area contributed by atoms with Crippen LogP contribution in [0.5, 0.6) is 5.75 Å². The van der Waals surface area contributed by atoms with Crippen molar-refractivity contribution < 1.29 is 9.53 Å². The molecule has 1 aromatic rings. The molecule has 0 atom stereocenters. The third kappa shape index (κ3) is 4.38. The number of rotatable bonds is 5. The summed E-state index contributed by atoms with van der Waals surface area (Å²) in [5.74, 6) is 0.718. The number of carbonyl (C=O) groups excluding carboxylic acids is 1. The molecular formula is C16H22N2O2. The van der Waals surface area contributed by atoms with Gasteiger partial charge in [0.15, 0.2) is 0 Å². The number of benzene rings is 1. The van der Waals surface area contributed by atoms with Crippen molar-refractivity contribution in [3.63, 3.8) is 0 Å². The van der Waals surface area contributed by atoms with Gasteiger partial charge in [-0.05, 0) is 31.9 Å². The van der Waals surface area contributed by atoms with Crippen molar-refractivity contribution in [2.45, 2.75) is 26.2 Å². The zero-order valence-electron chi connectivity index (χ0n) is 12.0. The molecule has 20 heavy (non-hydrogen) atoms. The molecule has 0 unspecified atom stereocenters. The third-order valence-electron chi connectivity index (χ3n) is 3.26. The van der Waals surface area contributed by atoms with Crippen molar-refractivity contribution >= 4 is 12.0 Å². The van der Waals surface area contributed by atoms with Crippen LogP contribution in [-0.2, 0) is 4.79 Å². The zero-order chi connectivity index (χ0) is 14.2. The molecule has 0 aromatic heterocycles. The van der Waals surface area contributed by atoms with Crippen LogP contribution >= 0.6 is 0 Å².